The van der Waals surface area contributed by atoms with Gasteiger partial charge in [-0.05, 0) is 59.8 Å². The van der Waals surface area contributed by atoms with Crippen LogP contribution in [0.3, 0.4) is 0 Å². The number of carbonyl (C=O) groups is 4. The van der Waals surface area contributed by atoms with Gasteiger partial charge in [-0.25, -0.2) is 4.79 Å². The van der Waals surface area contributed by atoms with E-state index in [0.717, 1.165) is 29.5 Å². The van der Waals surface area contributed by atoms with E-state index in [-0.39, 0.29) is 23.1 Å². The van der Waals surface area contributed by atoms with Gasteiger partial charge in [0.25, 0.3) is 11.1 Å². The molecule has 0 saturated carbocycles. The number of hydrogen-bond acceptors (Lipinski definition) is 8. The van der Waals surface area contributed by atoms with Crippen LogP contribution >= 0.6 is 23.1 Å². The van der Waals surface area contributed by atoms with Crippen molar-refractivity contribution < 1.29 is 28.7 Å². The molecule has 0 unspecified atom stereocenters. The highest BCUT2D eigenvalue weighted by Gasteiger charge is 2.37. The molecular formula is C22H20N2O6S2. The van der Waals surface area contributed by atoms with Crippen LogP contribution in [0.4, 0.5) is 4.79 Å². The van der Waals surface area contributed by atoms with E-state index in [1.54, 1.807) is 46.7 Å². The van der Waals surface area contributed by atoms with Gasteiger partial charge in [-0.15, -0.1) is 11.3 Å². The Labute approximate surface area is 192 Å². The van der Waals surface area contributed by atoms with Crippen LogP contribution in [-0.2, 0) is 9.59 Å². The molecular weight excluding hydrogens is 452 g/mol. The zero-order chi connectivity index (χ0) is 22.7. The zero-order valence-electron chi connectivity index (χ0n) is 17.2. The van der Waals surface area contributed by atoms with Gasteiger partial charge in [0.05, 0.1) is 12.0 Å². The van der Waals surface area contributed by atoms with E-state index in [1.807, 2.05) is 0 Å². The van der Waals surface area contributed by atoms with Gasteiger partial charge in [-0.1, -0.05) is 12.1 Å². The summed E-state index contributed by atoms with van der Waals surface area (Å²) in [5, 5.41) is 1.31. The number of ether oxygens (including phenoxy) is 2. The highest BCUT2D eigenvalue weighted by molar-refractivity contribution is 8.18. The van der Waals surface area contributed by atoms with Crippen LogP contribution in [-0.4, -0.2) is 59.6 Å². The largest absolute Gasteiger partial charge is 0.493 e. The number of methoxy groups -OCH3 is 1. The predicted molar refractivity (Wildman–Crippen MR) is 121 cm³/mol. The number of nitrogens with zero attached hydrogens (tertiary/aromatic N) is 2. The van der Waals surface area contributed by atoms with Gasteiger partial charge >= 0.3 is 5.97 Å². The first-order valence-corrected chi connectivity index (χ1v) is 11.6. The molecule has 32 heavy (non-hydrogen) atoms. The first kappa shape index (κ1) is 22.1. The fraction of sp³-hybridized carbons (Fsp3) is 0.273. The average Bonchev–Trinajstić information content (AvgIpc) is 3.55. The Morgan fingerprint density at radius 3 is 2.59 bits per heavy atom. The summed E-state index contributed by atoms with van der Waals surface area (Å²) < 4.78 is 10.7. The second-order valence-electron chi connectivity index (χ2n) is 7.13. The number of likely N-dealkylation sites (tertiary alicyclic amines) is 1. The number of thioether (sulfide) groups is 1. The third kappa shape index (κ3) is 4.71. The molecule has 0 bridgehead atoms. The van der Waals surface area contributed by atoms with Crippen LogP contribution in [0.2, 0.25) is 0 Å². The summed E-state index contributed by atoms with van der Waals surface area (Å²) in [4.78, 5) is 52.9. The van der Waals surface area contributed by atoms with E-state index >= 15 is 0 Å². The SMILES string of the molecule is COc1cc(/C=C2\SC(=O)N(CC(=O)N3CCCC3)C2=O)ccc1OC(=O)c1cccs1. The molecule has 0 spiro atoms. The number of esters is 1. The van der Waals surface area contributed by atoms with Crippen LogP contribution in [0.1, 0.15) is 28.1 Å². The minimum absolute atomic E-state index is 0.217. The Hall–Kier alpha value is -3.11. The van der Waals surface area contributed by atoms with Crippen molar-refractivity contribution in [1.29, 1.82) is 0 Å². The van der Waals surface area contributed by atoms with E-state index in [2.05, 4.69) is 0 Å². The first-order valence-electron chi connectivity index (χ1n) is 9.93. The van der Waals surface area contributed by atoms with Gasteiger partial charge < -0.3 is 14.4 Å². The summed E-state index contributed by atoms with van der Waals surface area (Å²) >= 11 is 2.06. The van der Waals surface area contributed by atoms with Gasteiger partial charge in [0.1, 0.15) is 11.4 Å². The maximum Gasteiger partial charge on any atom is 0.353 e. The number of rotatable bonds is 6. The second-order valence-corrected chi connectivity index (χ2v) is 9.07. The fourth-order valence-corrected chi connectivity index (χ4v) is 4.83. The molecule has 1 aromatic carbocycles. The number of thiophene rings is 1. The Morgan fingerprint density at radius 2 is 1.91 bits per heavy atom. The lowest BCUT2D eigenvalue weighted by atomic mass is 10.2. The van der Waals surface area contributed by atoms with E-state index in [0.29, 0.717) is 29.3 Å². The fourth-order valence-electron chi connectivity index (χ4n) is 3.39. The third-order valence-electron chi connectivity index (χ3n) is 5.04. The number of hydrogen-bond donors (Lipinski definition) is 0. The van der Waals surface area contributed by atoms with Crippen molar-refractivity contribution in [2.75, 3.05) is 26.7 Å². The van der Waals surface area contributed by atoms with Crippen molar-refractivity contribution in [2.24, 2.45) is 0 Å². The summed E-state index contributed by atoms with van der Waals surface area (Å²) in [6, 6.07) is 8.26. The lowest BCUT2D eigenvalue weighted by Crippen LogP contribution is -2.40. The molecule has 2 aliphatic rings. The molecule has 1 aromatic heterocycles. The van der Waals surface area contributed by atoms with Crippen LogP contribution in [0.15, 0.2) is 40.6 Å². The zero-order valence-corrected chi connectivity index (χ0v) is 18.9. The van der Waals surface area contributed by atoms with Crippen molar-refractivity contribution in [2.45, 2.75) is 12.8 Å². The molecule has 2 aromatic rings. The van der Waals surface area contributed by atoms with Gasteiger partial charge in [0.15, 0.2) is 11.5 Å². The molecule has 8 nitrogen and oxygen atoms in total. The predicted octanol–water partition coefficient (Wildman–Crippen LogP) is 3.63. The lowest BCUT2D eigenvalue weighted by molar-refractivity contribution is -0.135. The molecule has 0 aliphatic carbocycles. The first-order chi connectivity index (χ1) is 15.5. The Morgan fingerprint density at radius 1 is 1.12 bits per heavy atom. The third-order valence-corrected chi connectivity index (χ3v) is 6.79. The van der Waals surface area contributed by atoms with Crippen molar-refractivity contribution in [3.8, 4) is 11.5 Å². The smallest absolute Gasteiger partial charge is 0.353 e. The van der Waals surface area contributed by atoms with Crippen molar-refractivity contribution in [3.05, 3.63) is 51.1 Å². The average molecular weight is 473 g/mol. The standard InChI is InChI=1S/C22H20N2O6S2/c1-29-16-11-14(6-7-15(16)30-21(27)17-5-4-10-31-17)12-18-20(26)24(22(28)32-18)13-19(25)23-8-2-3-9-23/h4-7,10-12H,2-3,8-9,13H2,1H3/b18-12-. The van der Waals surface area contributed by atoms with E-state index in [9.17, 15) is 19.2 Å². The minimum atomic E-state index is -0.500. The number of benzene rings is 1. The maximum atomic E-state index is 12.7. The molecule has 2 fully saturated rings. The quantitative estimate of drug-likeness (QED) is 0.360. The molecule has 2 saturated heterocycles. The minimum Gasteiger partial charge on any atom is -0.493 e. The maximum absolute atomic E-state index is 12.7. The molecule has 3 heterocycles. The molecule has 4 rings (SSSR count). The highest BCUT2D eigenvalue weighted by Crippen LogP contribution is 2.35. The molecule has 0 N–H and O–H groups in total. The summed E-state index contributed by atoms with van der Waals surface area (Å²) in [5.41, 5.74) is 0.592. The summed E-state index contributed by atoms with van der Waals surface area (Å²) in [6.07, 6.45) is 3.43. The highest BCUT2D eigenvalue weighted by atomic mass is 32.2. The Bertz CT molecular complexity index is 1090. The van der Waals surface area contributed by atoms with Crippen LogP contribution in [0.25, 0.3) is 6.08 Å². The van der Waals surface area contributed by atoms with Crippen LogP contribution < -0.4 is 9.47 Å². The van der Waals surface area contributed by atoms with Crippen LogP contribution in [0.5, 0.6) is 11.5 Å². The monoisotopic (exact) mass is 472 g/mol. The molecule has 0 radical (unpaired) electrons. The van der Waals surface area contributed by atoms with E-state index in [4.69, 9.17) is 9.47 Å². The molecule has 166 valence electrons. The molecule has 0 atom stereocenters. The summed E-state index contributed by atoms with van der Waals surface area (Å²) in [7, 11) is 1.44. The van der Waals surface area contributed by atoms with Crippen molar-refractivity contribution >= 4 is 52.2 Å². The molecule has 10 heteroatoms. The van der Waals surface area contributed by atoms with E-state index < -0.39 is 17.1 Å². The van der Waals surface area contributed by atoms with Gasteiger partial charge in [-0.3, -0.25) is 19.3 Å². The topological polar surface area (TPSA) is 93.2 Å². The molecule has 2 aliphatic heterocycles. The van der Waals surface area contributed by atoms with Crippen molar-refractivity contribution in [3.63, 3.8) is 0 Å². The Kier molecular flexibility index (Phi) is 6.61. The van der Waals surface area contributed by atoms with Gasteiger partial charge in [0, 0.05) is 13.1 Å². The number of imide groups is 1. The normalized spacial score (nSPS) is 17.3. The van der Waals surface area contributed by atoms with Gasteiger partial charge in [0.2, 0.25) is 5.91 Å². The van der Waals surface area contributed by atoms with Gasteiger partial charge in [-0.2, -0.15) is 0 Å². The number of amides is 3. The van der Waals surface area contributed by atoms with Crippen LogP contribution in [0, 0.1) is 0 Å². The summed E-state index contributed by atoms with van der Waals surface area (Å²) in [5.74, 6) is -0.654. The lowest BCUT2D eigenvalue weighted by Gasteiger charge is -2.18. The van der Waals surface area contributed by atoms with E-state index in [1.165, 1.54) is 18.4 Å². The summed E-state index contributed by atoms with van der Waals surface area (Å²) in [6.45, 7) is 1.07. The Balaban J connectivity index is 1.48. The van der Waals surface area contributed by atoms with Crippen molar-refractivity contribution in [1.82, 2.24) is 9.80 Å². The molecule has 3 amide bonds. The second kappa shape index (κ2) is 9.58. The number of carbonyl (C=O) groups excluding carboxylic acids is 4.